The van der Waals surface area contributed by atoms with Crippen molar-refractivity contribution in [2.75, 3.05) is 0 Å². The smallest absolute Gasteiger partial charge is 0.170 e. The third-order valence-corrected chi connectivity index (χ3v) is 7.41. The minimum absolute atomic E-state index is 0.150. The van der Waals surface area contributed by atoms with Crippen molar-refractivity contribution in [2.45, 2.75) is 43.6 Å². The van der Waals surface area contributed by atoms with Gasteiger partial charge in [-0.05, 0) is 60.9 Å². The van der Waals surface area contributed by atoms with Crippen LogP contribution < -0.4 is 5.73 Å². The Balaban J connectivity index is 1.43. The van der Waals surface area contributed by atoms with E-state index in [2.05, 4.69) is 75.3 Å². The van der Waals surface area contributed by atoms with Gasteiger partial charge in [0, 0.05) is 28.6 Å². The van der Waals surface area contributed by atoms with E-state index in [0.717, 1.165) is 57.6 Å². The molecular formula is C28H25N5. The monoisotopic (exact) mass is 431 g/mol. The fourth-order valence-corrected chi connectivity index (χ4v) is 5.10. The third kappa shape index (κ3) is 3.00. The van der Waals surface area contributed by atoms with E-state index in [4.69, 9.17) is 10.7 Å². The number of nitrogens with two attached hydrogens (primary N) is 1. The second kappa shape index (κ2) is 6.96. The highest BCUT2D eigenvalue weighted by Crippen LogP contribution is 2.42. The molecule has 0 aliphatic heterocycles. The number of pyridine rings is 2. The molecule has 0 amide bonds. The first-order chi connectivity index (χ1) is 16.2. The van der Waals surface area contributed by atoms with Gasteiger partial charge in [-0.15, -0.1) is 10.2 Å². The summed E-state index contributed by atoms with van der Waals surface area (Å²) in [7, 11) is 0. The van der Waals surface area contributed by atoms with Crippen LogP contribution in [0.5, 0.6) is 0 Å². The fourth-order valence-electron chi connectivity index (χ4n) is 5.10. The lowest BCUT2D eigenvalue weighted by molar-refractivity contribution is 0.253. The molecule has 162 valence electrons. The Morgan fingerprint density at radius 3 is 2.33 bits per heavy atom. The van der Waals surface area contributed by atoms with E-state index >= 15 is 0 Å². The summed E-state index contributed by atoms with van der Waals surface area (Å²) < 4.78 is 2.26. The molecule has 2 saturated carbocycles. The van der Waals surface area contributed by atoms with E-state index in [1.54, 1.807) is 0 Å². The van der Waals surface area contributed by atoms with Gasteiger partial charge in [0.25, 0.3) is 0 Å². The van der Waals surface area contributed by atoms with Crippen LogP contribution in [0, 0.1) is 0 Å². The van der Waals surface area contributed by atoms with Crippen LogP contribution in [0.1, 0.15) is 49.4 Å². The van der Waals surface area contributed by atoms with Crippen LogP contribution in [-0.2, 0) is 5.54 Å². The average molecular weight is 432 g/mol. The average Bonchev–Trinajstić information content (AvgIpc) is 3.60. The van der Waals surface area contributed by atoms with E-state index in [1.165, 1.54) is 24.8 Å². The van der Waals surface area contributed by atoms with Crippen LogP contribution in [0.3, 0.4) is 0 Å². The number of hydrogen-bond acceptors (Lipinski definition) is 4. The molecule has 33 heavy (non-hydrogen) atoms. The third-order valence-electron chi connectivity index (χ3n) is 7.41. The number of hydrogen-bond donors (Lipinski definition) is 1. The Morgan fingerprint density at radius 1 is 0.848 bits per heavy atom. The van der Waals surface area contributed by atoms with Crippen molar-refractivity contribution >= 4 is 16.6 Å². The van der Waals surface area contributed by atoms with Gasteiger partial charge in [-0.25, -0.2) is 0 Å². The maximum atomic E-state index is 6.56. The standard InChI is InChI=1S/C28H25N5/c29-28(13-4-14-28)22-11-9-19(10-12-22)25-16-24-23(27-32-31-26(33(25)27)20-7-8-20)15-21(17-30-24)18-5-2-1-3-6-18/h1-3,5-6,9-12,15-17,20H,4,7-8,13-14,29H2. The molecule has 0 spiro atoms. The normalized spacial score (nSPS) is 17.4. The molecule has 0 atom stereocenters. The first-order valence-electron chi connectivity index (χ1n) is 11.8. The zero-order chi connectivity index (χ0) is 22.0. The summed E-state index contributed by atoms with van der Waals surface area (Å²) in [5.41, 5.74) is 13.9. The molecule has 3 heterocycles. The van der Waals surface area contributed by atoms with Gasteiger partial charge >= 0.3 is 0 Å². The number of benzene rings is 2. The molecule has 3 aromatic heterocycles. The topological polar surface area (TPSA) is 69.1 Å². The summed E-state index contributed by atoms with van der Waals surface area (Å²) in [6.45, 7) is 0. The molecule has 0 saturated heterocycles. The molecule has 5 nitrogen and oxygen atoms in total. The van der Waals surface area contributed by atoms with E-state index in [9.17, 15) is 0 Å². The van der Waals surface area contributed by atoms with Crippen molar-refractivity contribution in [1.82, 2.24) is 19.6 Å². The maximum Gasteiger partial charge on any atom is 0.170 e. The molecule has 5 aromatic rings. The van der Waals surface area contributed by atoms with Gasteiger partial charge in [-0.2, -0.15) is 0 Å². The number of aromatic nitrogens is 4. The van der Waals surface area contributed by atoms with Crippen LogP contribution in [0.2, 0.25) is 0 Å². The number of nitrogens with zero attached hydrogens (tertiary/aromatic N) is 4. The lowest BCUT2D eigenvalue weighted by atomic mass is 9.72. The van der Waals surface area contributed by atoms with Crippen molar-refractivity contribution < 1.29 is 0 Å². The van der Waals surface area contributed by atoms with Crippen molar-refractivity contribution in [1.29, 1.82) is 0 Å². The Morgan fingerprint density at radius 2 is 1.64 bits per heavy atom. The largest absolute Gasteiger partial charge is 0.321 e. The molecule has 0 radical (unpaired) electrons. The van der Waals surface area contributed by atoms with Crippen LogP contribution in [-0.4, -0.2) is 19.6 Å². The zero-order valence-corrected chi connectivity index (χ0v) is 18.4. The first-order valence-corrected chi connectivity index (χ1v) is 11.8. The molecule has 2 aliphatic carbocycles. The predicted octanol–water partition coefficient (Wildman–Crippen LogP) is 5.83. The van der Waals surface area contributed by atoms with E-state index in [0.29, 0.717) is 5.92 Å². The minimum Gasteiger partial charge on any atom is -0.321 e. The summed E-state index contributed by atoms with van der Waals surface area (Å²) in [5, 5.41) is 10.3. The molecule has 5 heteroatoms. The summed E-state index contributed by atoms with van der Waals surface area (Å²) in [6.07, 6.45) is 7.65. The number of rotatable bonds is 4. The molecule has 7 rings (SSSR count). The van der Waals surface area contributed by atoms with Gasteiger partial charge in [0.2, 0.25) is 0 Å². The minimum atomic E-state index is -0.150. The van der Waals surface area contributed by atoms with Gasteiger partial charge in [-0.3, -0.25) is 9.38 Å². The second-order valence-electron chi connectivity index (χ2n) is 9.63. The lowest BCUT2D eigenvalue weighted by Crippen LogP contribution is -2.43. The highest BCUT2D eigenvalue weighted by molar-refractivity contribution is 5.96. The quantitative estimate of drug-likeness (QED) is 0.389. The van der Waals surface area contributed by atoms with Crippen LogP contribution >= 0.6 is 0 Å². The van der Waals surface area contributed by atoms with Crippen molar-refractivity contribution in [2.24, 2.45) is 5.73 Å². The molecule has 2 aromatic carbocycles. The Bertz CT molecular complexity index is 1490. The van der Waals surface area contributed by atoms with E-state index in [-0.39, 0.29) is 5.54 Å². The molecule has 2 fully saturated rings. The highest BCUT2D eigenvalue weighted by Gasteiger charge is 2.34. The van der Waals surface area contributed by atoms with Crippen molar-refractivity contribution in [3.8, 4) is 22.4 Å². The summed E-state index contributed by atoms with van der Waals surface area (Å²) in [4.78, 5) is 4.84. The van der Waals surface area contributed by atoms with Gasteiger partial charge in [0.15, 0.2) is 5.65 Å². The molecule has 2 aliphatic rings. The Labute approximate surface area is 192 Å². The van der Waals surface area contributed by atoms with Crippen LogP contribution in [0.4, 0.5) is 0 Å². The SMILES string of the molecule is NC1(c2ccc(-c3cc4ncc(-c5ccccc5)cc4c4nnc(C5CC5)n34)cc2)CCC1. The Kier molecular flexibility index (Phi) is 4.00. The zero-order valence-electron chi connectivity index (χ0n) is 18.4. The second-order valence-corrected chi connectivity index (χ2v) is 9.63. The van der Waals surface area contributed by atoms with E-state index < -0.39 is 0 Å². The lowest BCUT2D eigenvalue weighted by Gasteiger charge is -2.38. The van der Waals surface area contributed by atoms with Gasteiger partial charge < -0.3 is 5.73 Å². The summed E-state index contributed by atoms with van der Waals surface area (Å²) in [5.74, 6) is 1.55. The van der Waals surface area contributed by atoms with Gasteiger partial charge in [0.1, 0.15) is 5.82 Å². The highest BCUT2D eigenvalue weighted by atomic mass is 15.3. The molecular weight excluding hydrogens is 406 g/mol. The Hall–Kier alpha value is -3.57. The maximum absolute atomic E-state index is 6.56. The first kappa shape index (κ1) is 18.9. The fraction of sp³-hybridized carbons (Fsp3) is 0.250. The van der Waals surface area contributed by atoms with Gasteiger partial charge in [-0.1, -0.05) is 54.6 Å². The van der Waals surface area contributed by atoms with Crippen LogP contribution in [0.25, 0.3) is 38.9 Å². The van der Waals surface area contributed by atoms with Gasteiger partial charge in [0.05, 0.1) is 11.2 Å². The summed E-state index contributed by atoms with van der Waals surface area (Å²) in [6, 6.07) is 23.5. The van der Waals surface area contributed by atoms with E-state index in [1.807, 2.05) is 12.3 Å². The summed E-state index contributed by atoms with van der Waals surface area (Å²) >= 11 is 0. The van der Waals surface area contributed by atoms with Crippen molar-refractivity contribution in [3.63, 3.8) is 0 Å². The molecule has 2 N–H and O–H groups in total. The molecule has 0 unspecified atom stereocenters. The number of fused-ring (bicyclic) bond motifs is 3. The predicted molar refractivity (Wildman–Crippen MR) is 131 cm³/mol. The molecule has 0 bridgehead atoms. The van der Waals surface area contributed by atoms with Crippen LogP contribution in [0.15, 0.2) is 72.9 Å². The van der Waals surface area contributed by atoms with Crippen molar-refractivity contribution in [3.05, 3.63) is 84.3 Å².